The van der Waals surface area contributed by atoms with Gasteiger partial charge >= 0.3 is 10.4 Å². The van der Waals surface area contributed by atoms with E-state index in [4.69, 9.17) is 14.0 Å². The number of hydrogen-bond donors (Lipinski definition) is 9. The third-order valence-electron chi connectivity index (χ3n) is 13.4. The van der Waals surface area contributed by atoms with Gasteiger partial charge in [-0.25, -0.2) is 4.18 Å². The zero-order chi connectivity index (χ0) is 36.4. The second kappa shape index (κ2) is 14.2. The molecular weight excluding hydrogens is 664 g/mol. The van der Waals surface area contributed by atoms with Gasteiger partial charge in [-0.05, 0) is 72.5 Å². The first-order chi connectivity index (χ1) is 22.7. The standard InChI is InChI=1S/C34H58O14S/c1-16(2)18(14-46-31-29(41)27(39)25(37)22(48-31)15-47-49(43,44)45)7-6-17(3)24-26(38)28(40)30-33(24,5)11-9-23-32(4)10-8-19(35)12-20(32)21(36)13-34(23,30)42/h6-7,16-31,35-42H,8-15H2,1-5H3,(H,43,44,45)/b7-6+/t17-,18-,19+,20-,21+,22+,23+,24+,25+,26-,27+,28-,29+,30+,31+,32+,33-,34+/m1/s1. The van der Waals surface area contributed by atoms with E-state index in [-0.39, 0.29) is 42.6 Å². The minimum atomic E-state index is -4.85. The van der Waals surface area contributed by atoms with E-state index < -0.39 is 100 Å². The zero-order valence-electron chi connectivity index (χ0n) is 29.0. The Balaban J connectivity index is 1.30. The Labute approximate surface area is 289 Å². The number of aliphatic hydroxyl groups excluding tert-OH is 7. The average molecular weight is 723 g/mol. The predicted octanol–water partition coefficient (Wildman–Crippen LogP) is 0.142. The molecule has 4 aliphatic carbocycles. The molecule has 4 saturated carbocycles. The van der Waals surface area contributed by atoms with Crippen molar-refractivity contribution >= 4 is 10.4 Å². The number of rotatable bonds is 10. The molecule has 15 heteroatoms. The Morgan fingerprint density at radius 1 is 0.878 bits per heavy atom. The predicted molar refractivity (Wildman–Crippen MR) is 174 cm³/mol. The highest BCUT2D eigenvalue weighted by atomic mass is 32.3. The average Bonchev–Trinajstić information content (AvgIpc) is 3.21. The van der Waals surface area contributed by atoms with Crippen LogP contribution in [0.2, 0.25) is 0 Å². The molecule has 5 aliphatic rings. The first kappa shape index (κ1) is 39.4. The SMILES string of the molecule is CC(C)[C@H](/C=C/[C@@H](C)[C@H]1[C@@H](O)[C@@H](O)[C@H]2[C@]1(C)CC[C@H]1[C@@]3(C)CC[C@H](O)C[C@@H]3[C@@H](O)C[C@]12O)CO[C@H]1O[C@@H](COS(=O)(=O)O)[C@H](O)[C@H](O)[C@@H]1O. The van der Waals surface area contributed by atoms with Crippen molar-refractivity contribution in [2.24, 2.45) is 52.3 Å². The van der Waals surface area contributed by atoms with Crippen molar-refractivity contribution in [3.8, 4) is 0 Å². The Kier molecular flexibility index (Phi) is 11.4. The van der Waals surface area contributed by atoms with Crippen LogP contribution >= 0.6 is 0 Å². The van der Waals surface area contributed by atoms with Crippen LogP contribution in [0.1, 0.15) is 73.1 Å². The number of fused-ring (bicyclic) bond motifs is 5. The molecule has 5 rings (SSSR count). The van der Waals surface area contributed by atoms with Crippen LogP contribution < -0.4 is 0 Å². The van der Waals surface area contributed by atoms with E-state index in [0.29, 0.717) is 32.1 Å². The second-order valence-corrected chi connectivity index (χ2v) is 17.7. The van der Waals surface area contributed by atoms with E-state index in [1.54, 1.807) is 0 Å². The maximum absolute atomic E-state index is 12.5. The van der Waals surface area contributed by atoms with Crippen molar-refractivity contribution in [1.29, 1.82) is 0 Å². The Bertz CT molecular complexity index is 1300. The fourth-order valence-corrected chi connectivity index (χ4v) is 11.2. The molecule has 9 N–H and O–H groups in total. The minimum Gasteiger partial charge on any atom is -0.393 e. The quantitative estimate of drug-likeness (QED) is 0.108. The van der Waals surface area contributed by atoms with Gasteiger partial charge in [0.05, 0.1) is 43.2 Å². The first-order valence-electron chi connectivity index (χ1n) is 17.7. The molecular formula is C34H58O14S. The lowest BCUT2D eigenvalue weighted by molar-refractivity contribution is -0.301. The summed E-state index contributed by atoms with van der Waals surface area (Å²) in [5.74, 6) is -1.91. The highest BCUT2D eigenvalue weighted by Crippen LogP contribution is 2.69. The minimum absolute atomic E-state index is 0.000802. The van der Waals surface area contributed by atoms with E-state index >= 15 is 0 Å². The van der Waals surface area contributed by atoms with Crippen molar-refractivity contribution < 1.29 is 67.5 Å². The lowest BCUT2D eigenvalue weighted by Gasteiger charge is -2.65. The molecule has 0 aromatic heterocycles. The summed E-state index contributed by atoms with van der Waals surface area (Å²) < 4.78 is 46.5. The number of aliphatic hydroxyl groups is 8. The van der Waals surface area contributed by atoms with Gasteiger partial charge < -0.3 is 50.3 Å². The van der Waals surface area contributed by atoms with E-state index in [1.165, 1.54) is 0 Å². The molecule has 1 heterocycles. The number of hydrogen-bond acceptors (Lipinski definition) is 13. The molecule has 284 valence electrons. The summed E-state index contributed by atoms with van der Waals surface area (Å²) >= 11 is 0. The van der Waals surface area contributed by atoms with Crippen molar-refractivity contribution in [3.63, 3.8) is 0 Å². The Morgan fingerprint density at radius 2 is 1.53 bits per heavy atom. The van der Waals surface area contributed by atoms with Gasteiger partial charge in [0.1, 0.15) is 24.4 Å². The van der Waals surface area contributed by atoms with Gasteiger partial charge in [0, 0.05) is 18.3 Å². The summed E-state index contributed by atoms with van der Waals surface area (Å²) in [4.78, 5) is 0. The van der Waals surface area contributed by atoms with Gasteiger partial charge in [-0.2, -0.15) is 8.42 Å². The molecule has 49 heavy (non-hydrogen) atoms. The van der Waals surface area contributed by atoms with Crippen LogP contribution in [0.4, 0.5) is 0 Å². The Hall–Kier alpha value is -0.790. The zero-order valence-corrected chi connectivity index (χ0v) is 29.8. The van der Waals surface area contributed by atoms with E-state index in [1.807, 2.05) is 39.8 Å². The third-order valence-corrected chi connectivity index (χ3v) is 13.9. The van der Waals surface area contributed by atoms with Gasteiger partial charge in [0.2, 0.25) is 0 Å². The summed E-state index contributed by atoms with van der Waals surface area (Å²) in [5, 5.41) is 88.5. The molecule has 0 bridgehead atoms. The van der Waals surface area contributed by atoms with Crippen LogP contribution in [-0.4, -0.2) is 128 Å². The fourth-order valence-electron chi connectivity index (χ4n) is 10.9. The largest absolute Gasteiger partial charge is 0.397 e. The molecule has 18 atom stereocenters. The van der Waals surface area contributed by atoms with Crippen molar-refractivity contribution in [2.75, 3.05) is 13.2 Å². The first-order valence-corrected chi connectivity index (χ1v) is 19.1. The van der Waals surface area contributed by atoms with Crippen LogP contribution in [-0.2, 0) is 24.1 Å². The van der Waals surface area contributed by atoms with Gasteiger partial charge in [-0.1, -0.05) is 46.8 Å². The van der Waals surface area contributed by atoms with Crippen LogP contribution in [0, 0.1) is 52.3 Å². The summed E-state index contributed by atoms with van der Waals surface area (Å²) in [7, 11) is -4.85. The molecule has 1 saturated heterocycles. The summed E-state index contributed by atoms with van der Waals surface area (Å²) in [5.41, 5.74) is -2.44. The molecule has 5 fully saturated rings. The van der Waals surface area contributed by atoms with Crippen LogP contribution in [0.15, 0.2) is 12.2 Å². The van der Waals surface area contributed by atoms with Crippen molar-refractivity contribution in [2.45, 2.75) is 134 Å². The van der Waals surface area contributed by atoms with E-state index in [9.17, 15) is 49.3 Å². The van der Waals surface area contributed by atoms with E-state index in [2.05, 4.69) is 11.1 Å². The molecule has 0 aromatic carbocycles. The molecule has 0 unspecified atom stereocenters. The van der Waals surface area contributed by atoms with Crippen molar-refractivity contribution in [1.82, 2.24) is 0 Å². The van der Waals surface area contributed by atoms with Gasteiger partial charge in [0.25, 0.3) is 0 Å². The van der Waals surface area contributed by atoms with Gasteiger partial charge in [-0.3, -0.25) is 4.55 Å². The summed E-state index contributed by atoms with van der Waals surface area (Å²) in [6.07, 6.45) is -4.53. The number of ether oxygens (including phenoxy) is 2. The monoisotopic (exact) mass is 722 g/mol. The van der Waals surface area contributed by atoms with Crippen LogP contribution in [0.25, 0.3) is 0 Å². The van der Waals surface area contributed by atoms with Crippen LogP contribution in [0.3, 0.4) is 0 Å². The third kappa shape index (κ3) is 7.15. The molecule has 0 aromatic rings. The molecule has 0 amide bonds. The Morgan fingerprint density at radius 3 is 2.16 bits per heavy atom. The highest BCUT2D eigenvalue weighted by Gasteiger charge is 2.72. The normalized spacial score (nSPS) is 50.1. The second-order valence-electron chi connectivity index (χ2n) is 16.6. The summed E-state index contributed by atoms with van der Waals surface area (Å²) in [6, 6.07) is 0. The van der Waals surface area contributed by atoms with Crippen molar-refractivity contribution in [3.05, 3.63) is 12.2 Å². The maximum Gasteiger partial charge on any atom is 0.397 e. The fraction of sp³-hybridized carbons (Fsp3) is 0.941. The highest BCUT2D eigenvalue weighted by molar-refractivity contribution is 7.80. The smallest absolute Gasteiger partial charge is 0.393 e. The molecule has 0 radical (unpaired) electrons. The maximum atomic E-state index is 12.5. The lowest BCUT2D eigenvalue weighted by atomic mass is 9.42. The lowest BCUT2D eigenvalue weighted by Crippen LogP contribution is -2.68. The van der Waals surface area contributed by atoms with Gasteiger partial charge in [0.15, 0.2) is 6.29 Å². The number of allylic oxidation sites excluding steroid dienone is 1. The molecule has 1 aliphatic heterocycles. The van der Waals surface area contributed by atoms with Gasteiger partial charge in [-0.15, -0.1) is 0 Å². The van der Waals surface area contributed by atoms with E-state index in [0.717, 1.165) is 0 Å². The molecule has 14 nitrogen and oxygen atoms in total. The topological polar surface area (TPSA) is 244 Å². The summed E-state index contributed by atoms with van der Waals surface area (Å²) in [6.45, 7) is 9.18. The molecule has 0 spiro atoms. The van der Waals surface area contributed by atoms with Crippen LogP contribution in [0.5, 0.6) is 0 Å².